The fourth-order valence-corrected chi connectivity index (χ4v) is 2.61. The van der Waals surface area contributed by atoms with Gasteiger partial charge in [0.15, 0.2) is 5.75 Å². The highest BCUT2D eigenvalue weighted by molar-refractivity contribution is 5.86. The number of ether oxygens (including phenoxy) is 3. The number of nitrogens with zero attached hydrogens (tertiary/aromatic N) is 1. The predicted octanol–water partition coefficient (Wildman–Crippen LogP) is 0.840. The summed E-state index contributed by atoms with van der Waals surface area (Å²) in [5, 5.41) is 13.8. The van der Waals surface area contributed by atoms with Gasteiger partial charge < -0.3 is 19.5 Å². The maximum absolute atomic E-state index is 12.2. The average molecular weight is 352 g/mol. The molecular formula is C16H20N2O7. The zero-order valence-electron chi connectivity index (χ0n) is 14.0. The maximum atomic E-state index is 12.2. The van der Waals surface area contributed by atoms with Crippen LogP contribution in [0.5, 0.6) is 5.75 Å². The van der Waals surface area contributed by atoms with Crippen LogP contribution in [0.25, 0.3) is 0 Å². The predicted molar refractivity (Wildman–Crippen MR) is 86.2 cm³/mol. The molecule has 2 rings (SSSR count). The summed E-state index contributed by atoms with van der Waals surface area (Å²) in [7, 11) is 2.56. The molecule has 1 aromatic carbocycles. The van der Waals surface area contributed by atoms with E-state index in [0.29, 0.717) is 25.2 Å². The largest absolute Gasteiger partial charge is 0.490 e. The second kappa shape index (κ2) is 8.43. The highest BCUT2D eigenvalue weighted by Gasteiger charge is 2.29. The normalized spacial score (nSPS) is 17.6. The molecule has 1 N–H and O–H groups in total. The van der Waals surface area contributed by atoms with Gasteiger partial charge in [-0.05, 0) is 18.1 Å². The van der Waals surface area contributed by atoms with Crippen molar-refractivity contribution < 1.29 is 28.7 Å². The maximum Gasteiger partial charge on any atom is 0.328 e. The molecule has 2 atom stereocenters. The number of amides is 1. The molecule has 1 fully saturated rings. The highest BCUT2D eigenvalue weighted by atomic mass is 16.6. The van der Waals surface area contributed by atoms with E-state index in [1.807, 2.05) is 0 Å². The van der Waals surface area contributed by atoms with Crippen LogP contribution in [0.1, 0.15) is 12.0 Å². The molecule has 1 aliphatic rings. The lowest BCUT2D eigenvalue weighted by molar-refractivity contribution is -0.385. The molecule has 136 valence electrons. The molecule has 0 aromatic heterocycles. The lowest BCUT2D eigenvalue weighted by Crippen LogP contribution is -2.45. The first-order chi connectivity index (χ1) is 12.0. The van der Waals surface area contributed by atoms with Gasteiger partial charge in [-0.3, -0.25) is 14.9 Å². The van der Waals surface area contributed by atoms with Crippen molar-refractivity contribution in [3.63, 3.8) is 0 Å². The van der Waals surface area contributed by atoms with Crippen LogP contribution in [0.3, 0.4) is 0 Å². The third kappa shape index (κ3) is 4.66. The summed E-state index contributed by atoms with van der Waals surface area (Å²) < 4.78 is 14.8. The molecule has 0 aliphatic carbocycles. The quantitative estimate of drug-likeness (QED) is 0.439. The second-order valence-corrected chi connectivity index (χ2v) is 5.61. The van der Waals surface area contributed by atoms with E-state index in [4.69, 9.17) is 14.2 Å². The molecule has 9 heteroatoms. The SMILES string of the molecule is COC(=O)[C@H](Cc1ccc(OC)c([N+](=O)[O-])c1)NC(=O)[C@H]1CCOC1. The van der Waals surface area contributed by atoms with Crippen LogP contribution in [0.2, 0.25) is 0 Å². The minimum atomic E-state index is -0.939. The number of benzene rings is 1. The van der Waals surface area contributed by atoms with Crippen LogP contribution in [0, 0.1) is 16.0 Å². The summed E-state index contributed by atoms with van der Waals surface area (Å²) in [6.07, 6.45) is 0.657. The van der Waals surface area contributed by atoms with Gasteiger partial charge >= 0.3 is 11.7 Å². The van der Waals surface area contributed by atoms with Crippen LogP contribution < -0.4 is 10.1 Å². The summed E-state index contributed by atoms with van der Waals surface area (Å²) in [4.78, 5) is 34.7. The Balaban J connectivity index is 2.16. The number of hydrogen-bond donors (Lipinski definition) is 1. The number of nitro groups is 1. The molecule has 0 radical (unpaired) electrons. The second-order valence-electron chi connectivity index (χ2n) is 5.61. The highest BCUT2D eigenvalue weighted by Crippen LogP contribution is 2.28. The van der Waals surface area contributed by atoms with E-state index in [9.17, 15) is 19.7 Å². The van der Waals surface area contributed by atoms with Crippen LogP contribution in [0.4, 0.5) is 5.69 Å². The van der Waals surface area contributed by atoms with Crippen molar-refractivity contribution in [3.05, 3.63) is 33.9 Å². The Morgan fingerprint density at radius 1 is 1.44 bits per heavy atom. The van der Waals surface area contributed by atoms with E-state index >= 15 is 0 Å². The molecule has 1 aromatic rings. The molecule has 0 unspecified atom stereocenters. The van der Waals surface area contributed by atoms with E-state index < -0.39 is 16.9 Å². The number of methoxy groups -OCH3 is 2. The van der Waals surface area contributed by atoms with Crippen molar-refractivity contribution in [2.45, 2.75) is 18.9 Å². The molecule has 1 aliphatic heterocycles. The summed E-state index contributed by atoms with van der Waals surface area (Å²) in [5.41, 5.74) is 0.296. The van der Waals surface area contributed by atoms with E-state index in [-0.39, 0.29) is 29.7 Å². The van der Waals surface area contributed by atoms with Gasteiger partial charge in [0.1, 0.15) is 6.04 Å². The van der Waals surface area contributed by atoms with E-state index in [0.717, 1.165) is 0 Å². The molecular weight excluding hydrogens is 332 g/mol. The molecule has 9 nitrogen and oxygen atoms in total. The van der Waals surface area contributed by atoms with Gasteiger partial charge in [-0.15, -0.1) is 0 Å². The number of nitro benzene ring substituents is 1. The molecule has 0 spiro atoms. The van der Waals surface area contributed by atoms with Crippen LogP contribution in [-0.4, -0.2) is 50.3 Å². The average Bonchev–Trinajstić information content (AvgIpc) is 3.15. The third-order valence-corrected chi connectivity index (χ3v) is 3.98. The Hall–Kier alpha value is -2.68. The van der Waals surface area contributed by atoms with Gasteiger partial charge in [0.05, 0.1) is 31.7 Å². The van der Waals surface area contributed by atoms with E-state index in [1.165, 1.54) is 26.4 Å². The topological polar surface area (TPSA) is 117 Å². The monoisotopic (exact) mass is 352 g/mol. The van der Waals surface area contributed by atoms with Gasteiger partial charge in [0, 0.05) is 19.1 Å². The van der Waals surface area contributed by atoms with Crippen molar-refractivity contribution in [2.75, 3.05) is 27.4 Å². The van der Waals surface area contributed by atoms with Gasteiger partial charge in [0.25, 0.3) is 0 Å². The first kappa shape index (κ1) is 18.7. The van der Waals surface area contributed by atoms with Gasteiger partial charge in [-0.1, -0.05) is 6.07 Å². The number of hydrogen-bond acceptors (Lipinski definition) is 7. The van der Waals surface area contributed by atoms with Crippen LogP contribution >= 0.6 is 0 Å². The third-order valence-electron chi connectivity index (χ3n) is 3.98. The van der Waals surface area contributed by atoms with Crippen molar-refractivity contribution >= 4 is 17.6 Å². The Morgan fingerprint density at radius 2 is 2.20 bits per heavy atom. The number of carbonyl (C=O) groups is 2. The van der Waals surface area contributed by atoms with Crippen molar-refractivity contribution in [2.24, 2.45) is 5.92 Å². The van der Waals surface area contributed by atoms with E-state index in [2.05, 4.69) is 5.32 Å². The molecule has 25 heavy (non-hydrogen) atoms. The van der Waals surface area contributed by atoms with E-state index in [1.54, 1.807) is 6.07 Å². The Kier molecular flexibility index (Phi) is 6.29. The lowest BCUT2D eigenvalue weighted by atomic mass is 10.0. The Bertz CT molecular complexity index is 656. The molecule has 0 bridgehead atoms. The van der Waals surface area contributed by atoms with Crippen molar-refractivity contribution in [3.8, 4) is 5.75 Å². The minimum absolute atomic E-state index is 0.0663. The van der Waals surface area contributed by atoms with Crippen molar-refractivity contribution in [1.82, 2.24) is 5.32 Å². The van der Waals surface area contributed by atoms with Gasteiger partial charge in [-0.25, -0.2) is 4.79 Å². The summed E-state index contributed by atoms with van der Waals surface area (Å²) >= 11 is 0. The Morgan fingerprint density at radius 3 is 2.76 bits per heavy atom. The van der Waals surface area contributed by atoms with Gasteiger partial charge in [0.2, 0.25) is 5.91 Å². The summed E-state index contributed by atoms with van der Waals surface area (Å²) in [5.74, 6) is -1.10. The fraction of sp³-hybridized carbons (Fsp3) is 0.500. The fourth-order valence-electron chi connectivity index (χ4n) is 2.61. The smallest absolute Gasteiger partial charge is 0.328 e. The summed E-state index contributed by atoms with van der Waals surface area (Å²) in [6, 6.07) is 3.44. The molecule has 0 saturated carbocycles. The Labute approximate surface area is 144 Å². The number of nitrogens with one attached hydrogen (secondary N) is 1. The van der Waals surface area contributed by atoms with Crippen LogP contribution in [0.15, 0.2) is 18.2 Å². The number of rotatable bonds is 7. The molecule has 1 heterocycles. The van der Waals surface area contributed by atoms with Crippen molar-refractivity contribution in [1.29, 1.82) is 0 Å². The zero-order valence-corrected chi connectivity index (χ0v) is 14.0. The molecule has 1 saturated heterocycles. The van der Waals surface area contributed by atoms with Crippen LogP contribution in [-0.2, 0) is 25.5 Å². The first-order valence-electron chi connectivity index (χ1n) is 7.73. The standard InChI is InChI=1S/C16H20N2O7/c1-23-14-4-3-10(8-13(14)18(21)22)7-12(16(20)24-2)17-15(19)11-5-6-25-9-11/h3-4,8,11-12H,5-7,9H2,1-2H3,(H,17,19)/t11-,12-/m0/s1. The summed E-state index contributed by atoms with van der Waals surface area (Å²) in [6.45, 7) is 0.819. The molecule has 1 amide bonds. The first-order valence-corrected chi connectivity index (χ1v) is 7.73. The minimum Gasteiger partial charge on any atom is -0.490 e. The number of carbonyl (C=O) groups excluding carboxylic acids is 2. The van der Waals surface area contributed by atoms with Gasteiger partial charge in [-0.2, -0.15) is 0 Å². The zero-order chi connectivity index (χ0) is 18.4. The number of esters is 1. The lowest BCUT2D eigenvalue weighted by Gasteiger charge is -2.18.